The van der Waals surface area contributed by atoms with Gasteiger partial charge < -0.3 is 10.3 Å². The highest BCUT2D eigenvalue weighted by Crippen LogP contribution is 2.34. The molecule has 0 aliphatic heterocycles. The maximum Gasteiger partial charge on any atom is 0.268 e. The highest BCUT2D eigenvalue weighted by atomic mass is 32.1. The Labute approximate surface area is 120 Å². The van der Waals surface area contributed by atoms with Gasteiger partial charge in [-0.25, -0.2) is 0 Å². The molecule has 0 aromatic carbocycles. The Morgan fingerprint density at radius 2 is 2.25 bits per heavy atom. The molecule has 3 rings (SSSR count). The maximum absolute atomic E-state index is 5.80. The van der Waals surface area contributed by atoms with Crippen molar-refractivity contribution >= 4 is 16.3 Å². The lowest BCUT2D eigenvalue weighted by atomic mass is 10.1. The minimum atomic E-state index is 0.512. The Kier molecular flexibility index (Phi) is 3.23. The lowest BCUT2D eigenvalue weighted by molar-refractivity contribution is 0.433. The number of nitrogen functional groups attached to an aromatic ring is 1. The Morgan fingerprint density at radius 1 is 1.40 bits per heavy atom. The summed E-state index contributed by atoms with van der Waals surface area (Å²) in [5, 5.41) is 4.82. The lowest BCUT2D eigenvalue weighted by Gasteiger charge is -2.00. The van der Waals surface area contributed by atoms with E-state index in [0.717, 1.165) is 33.0 Å². The molecule has 0 fully saturated rings. The standard InChI is InChI=1S/C14H14N4OS/c1-3-9-7-16-5-4-10(9)13-17-14(19-18-13)12-8(2)6-11(15)20-12/h4-7H,3,15H2,1-2H3. The summed E-state index contributed by atoms with van der Waals surface area (Å²) in [6.07, 6.45) is 4.44. The second kappa shape index (κ2) is 5.05. The van der Waals surface area contributed by atoms with Crippen molar-refractivity contribution in [1.29, 1.82) is 0 Å². The predicted octanol–water partition coefficient (Wildman–Crippen LogP) is 3.31. The molecule has 2 N–H and O–H groups in total. The smallest absolute Gasteiger partial charge is 0.268 e. The Bertz CT molecular complexity index is 747. The molecule has 0 bridgehead atoms. The van der Waals surface area contributed by atoms with Crippen molar-refractivity contribution in [3.63, 3.8) is 0 Å². The normalized spacial score (nSPS) is 10.9. The first-order valence-electron chi connectivity index (χ1n) is 6.32. The number of rotatable bonds is 3. The zero-order valence-corrected chi connectivity index (χ0v) is 12.1. The molecule has 0 radical (unpaired) electrons. The molecule has 0 spiro atoms. The summed E-state index contributed by atoms with van der Waals surface area (Å²) in [4.78, 5) is 9.53. The summed E-state index contributed by atoms with van der Waals surface area (Å²) < 4.78 is 5.37. The van der Waals surface area contributed by atoms with Crippen molar-refractivity contribution in [3.8, 4) is 22.2 Å². The van der Waals surface area contributed by atoms with Gasteiger partial charge in [0.1, 0.15) is 0 Å². The fourth-order valence-electron chi connectivity index (χ4n) is 2.07. The van der Waals surface area contributed by atoms with Gasteiger partial charge in [0.15, 0.2) is 0 Å². The summed E-state index contributed by atoms with van der Waals surface area (Å²) in [7, 11) is 0. The van der Waals surface area contributed by atoms with Gasteiger partial charge in [-0.2, -0.15) is 4.98 Å². The van der Waals surface area contributed by atoms with Gasteiger partial charge in [0.05, 0.1) is 9.88 Å². The second-order valence-corrected chi connectivity index (χ2v) is 5.55. The minimum absolute atomic E-state index is 0.512. The van der Waals surface area contributed by atoms with Gasteiger partial charge in [0, 0.05) is 18.0 Å². The van der Waals surface area contributed by atoms with E-state index in [-0.39, 0.29) is 0 Å². The average molecular weight is 286 g/mol. The molecule has 5 nitrogen and oxygen atoms in total. The molecule has 6 heteroatoms. The van der Waals surface area contributed by atoms with Crippen LogP contribution in [0.2, 0.25) is 0 Å². The highest BCUT2D eigenvalue weighted by molar-refractivity contribution is 7.19. The zero-order chi connectivity index (χ0) is 14.1. The molecule has 102 valence electrons. The van der Waals surface area contributed by atoms with E-state index >= 15 is 0 Å². The van der Waals surface area contributed by atoms with Crippen molar-refractivity contribution in [1.82, 2.24) is 15.1 Å². The molecule has 3 aromatic heterocycles. The monoisotopic (exact) mass is 286 g/mol. The lowest BCUT2D eigenvalue weighted by Crippen LogP contribution is -1.90. The van der Waals surface area contributed by atoms with Gasteiger partial charge >= 0.3 is 0 Å². The van der Waals surface area contributed by atoms with Crippen molar-refractivity contribution in [3.05, 3.63) is 35.7 Å². The highest BCUT2D eigenvalue weighted by Gasteiger charge is 2.16. The largest absolute Gasteiger partial charge is 0.391 e. The van der Waals surface area contributed by atoms with Crippen LogP contribution in [0.15, 0.2) is 29.0 Å². The third-order valence-corrected chi connectivity index (χ3v) is 4.14. The summed E-state index contributed by atoms with van der Waals surface area (Å²) >= 11 is 1.46. The topological polar surface area (TPSA) is 77.8 Å². The van der Waals surface area contributed by atoms with Crippen LogP contribution in [0.4, 0.5) is 5.00 Å². The van der Waals surface area contributed by atoms with Crippen molar-refractivity contribution < 1.29 is 4.52 Å². The van der Waals surface area contributed by atoms with Gasteiger partial charge in [0.25, 0.3) is 5.89 Å². The number of hydrogen-bond acceptors (Lipinski definition) is 6. The molecule has 0 amide bonds. The summed E-state index contributed by atoms with van der Waals surface area (Å²) in [5.74, 6) is 1.10. The third-order valence-electron chi connectivity index (χ3n) is 3.08. The van der Waals surface area contributed by atoms with E-state index in [1.165, 1.54) is 11.3 Å². The number of pyridine rings is 1. The molecule has 3 heterocycles. The molecule has 0 aliphatic rings. The molecule has 0 unspecified atom stereocenters. The van der Waals surface area contributed by atoms with Crippen molar-refractivity contribution in [2.45, 2.75) is 20.3 Å². The summed E-state index contributed by atoms with van der Waals surface area (Å²) in [6, 6.07) is 3.82. The van der Waals surface area contributed by atoms with Crippen LogP contribution in [0.5, 0.6) is 0 Å². The fourth-order valence-corrected chi connectivity index (χ4v) is 2.93. The first-order valence-corrected chi connectivity index (χ1v) is 7.14. The number of aromatic nitrogens is 3. The Hall–Kier alpha value is -2.21. The van der Waals surface area contributed by atoms with Crippen LogP contribution in [0.1, 0.15) is 18.1 Å². The Morgan fingerprint density at radius 3 is 2.95 bits per heavy atom. The van der Waals surface area contributed by atoms with Gasteiger partial charge in [-0.15, -0.1) is 11.3 Å². The third kappa shape index (κ3) is 2.18. The molecular formula is C14H14N4OS. The van der Waals surface area contributed by atoms with Gasteiger partial charge in [-0.05, 0) is 36.6 Å². The molecule has 0 saturated heterocycles. The first-order chi connectivity index (χ1) is 9.69. The maximum atomic E-state index is 5.80. The van der Waals surface area contributed by atoms with Gasteiger partial charge in [0.2, 0.25) is 5.82 Å². The van der Waals surface area contributed by atoms with Crippen LogP contribution < -0.4 is 5.73 Å². The molecule has 0 saturated carbocycles. The van der Waals surface area contributed by atoms with Crippen LogP contribution in [-0.2, 0) is 6.42 Å². The summed E-state index contributed by atoms with van der Waals surface area (Å²) in [6.45, 7) is 4.06. The minimum Gasteiger partial charge on any atom is -0.391 e. The second-order valence-electron chi connectivity index (χ2n) is 4.47. The van der Waals surface area contributed by atoms with Gasteiger partial charge in [-0.1, -0.05) is 12.1 Å². The number of nitrogens with zero attached hydrogens (tertiary/aromatic N) is 3. The molecule has 20 heavy (non-hydrogen) atoms. The Balaban J connectivity index is 2.04. The molecular weight excluding hydrogens is 272 g/mol. The van der Waals surface area contributed by atoms with E-state index in [1.807, 2.05) is 25.3 Å². The van der Waals surface area contributed by atoms with Crippen LogP contribution in [0.3, 0.4) is 0 Å². The van der Waals surface area contributed by atoms with Crippen LogP contribution in [0, 0.1) is 6.92 Å². The first kappa shape index (κ1) is 12.8. The fraction of sp³-hybridized carbons (Fsp3) is 0.214. The van der Waals surface area contributed by atoms with E-state index in [4.69, 9.17) is 10.3 Å². The van der Waals surface area contributed by atoms with Crippen molar-refractivity contribution in [2.75, 3.05) is 5.73 Å². The number of anilines is 1. The van der Waals surface area contributed by atoms with Crippen LogP contribution in [-0.4, -0.2) is 15.1 Å². The van der Waals surface area contributed by atoms with Crippen LogP contribution in [0.25, 0.3) is 22.2 Å². The molecule has 0 atom stereocenters. The number of hydrogen-bond donors (Lipinski definition) is 1. The van der Waals surface area contributed by atoms with E-state index in [2.05, 4.69) is 22.0 Å². The zero-order valence-electron chi connectivity index (χ0n) is 11.3. The number of nitrogens with two attached hydrogens (primary N) is 1. The molecule has 3 aromatic rings. The van der Waals surface area contributed by atoms with Crippen LogP contribution >= 0.6 is 11.3 Å². The summed E-state index contributed by atoms with van der Waals surface area (Å²) in [5.41, 5.74) is 8.91. The van der Waals surface area contributed by atoms with E-state index in [0.29, 0.717) is 11.7 Å². The SMILES string of the molecule is CCc1cnccc1-c1noc(-c2sc(N)cc2C)n1. The quantitative estimate of drug-likeness (QED) is 0.799. The van der Waals surface area contributed by atoms with E-state index < -0.39 is 0 Å². The van der Waals surface area contributed by atoms with Gasteiger partial charge in [-0.3, -0.25) is 4.98 Å². The van der Waals surface area contributed by atoms with E-state index in [9.17, 15) is 0 Å². The van der Waals surface area contributed by atoms with E-state index in [1.54, 1.807) is 6.20 Å². The van der Waals surface area contributed by atoms with Crippen molar-refractivity contribution in [2.24, 2.45) is 0 Å². The molecule has 0 aliphatic carbocycles. The number of thiophene rings is 1. The number of aryl methyl sites for hydroxylation is 2. The predicted molar refractivity (Wildman–Crippen MR) is 79.4 cm³/mol. The average Bonchev–Trinajstić information content (AvgIpc) is 3.05.